The van der Waals surface area contributed by atoms with Crippen molar-refractivity contribution in [2.24, 2.45) is 5.92 Å². The minimum absolute atomic E-state index is 0.0504. The Kier molecular flexibility index (Phi) is 6.28. The Bertz CT molecular complexity index is 719. The molecule has 1 aliphatic heterocycles. The molecule has 3 rings (SSSR count). The van der Waals surface area contributed by atoms with E-state index in [1.807, 2.05) is 22.4 Å². The van der Waals surface area contributed by atoms with E-state index in [0.717, 1.165) is 17.0 Å². The monoisotopic (exact) mass is 373 g/mol. The van der Waals surface area contributed by atoms with Crippen LogP contribution in [0, 0.1) is 5.92 Å². The van der Waals surface area contributed by atoms with Gasteiger partial charge in [0.1, 0.15) is 11.5 Å². The molecule has 0 saturated carbocycles. The lowest BCUT2D eigenvalue weighted by Crippen LogP contribution is -2.40. The fourth-order valence-electron chi connectivity index (χ4n) is 2.90. The second-order valence-electron chi connectivity index (χ2n) is 6.28. The Balaban J connectivity index is 1.48. The Labute approximate surface area is 157 Å². The molecule has 138 valence electrons. The molecular formula is C20H23NO4S. The molecule has 0 N–H and O–H groups in total. The second-order valence-corrected chi connectivity index (χ2v) is 7.23. The normalized spacial score (nSPS) is 14.9. The van der Waals surface area contributed by atoms with E-state index in [1.54, 1.807) is 24.3 Å². The molecule has 0 unspecified atom stereocenters. The van der Waals surface area contributed by atoms with E-state index in [-0.39, 0.29) is 17.8 Å². The van der Waals surface area contributed by atoms with E-state index in [2.05, 4.69) is 6.92 Å². The third-order valence-electron chi connectivity index (χ3n) is 4.36. The van der Waals surface area contributed by atoms with Gasteiger partial charge < -0.3 is 14.4 Å². The van der Waals surface area contributed by atoms with Gasteiger partial charge in [-0.05, 0) is 55.0 Å². The Morgan fingerprint density at radius 3 is 2.42 bits per heavy atom. The number of likely N-dealkylation sites (tertiary alicyclic amines) is 1. The summed E-state index contributed by atoms with van der Waals surface area (Å²) in [6.45, 7) is 3.89. The van der Waals surface area contributed by atoms with Gasteiger partial charge in [-0.1, -0.05) is 13.0 Å². The second kappa shape index (κ2) is 8.85. The van der Waals surface area contributed by atoms with Crippen molar-refractivity contribution < 1.29 is 19.1 Å². The number of benzene rings is 1. The van der Waals surface area contributed by atoms with Gasteiger partial charge in [-0.3, -0.25) is 9.59 Å². The minimum Gasteiger partial charge on any atom is -0.494 e. The van der Waals surface area contributed by atoms with E-state index < -0.39 is 0 Å². The van der Waals surface area contributed by atoms with Crippen LogP contribution < -0.4 is 9.47 Å². The average molecular weight is 373 g/mol. The van der Waals surface area contributed by atoms with Gasteiger partial charge in [-0.25, -0.2) is 0 Å². The molecule has 2 aromatic rings. The summed E-state index contributed by atoms with van der Waals surface area (Å²) < 4.78 is 11.0. The molecule has 1 aromatic carbocycles. The van der Waals surface area contributed by atoms with Crippen molar-refractivity contribution in [2.75, 3.05) is 19.7 Å². The molecule has 0 spiro atoms. The van der Waals surface area contributed by atoms with Crippen LogP contribution in [0.5, 0.6) is 11.5 Å². The van der Waals surface area contributed by atoms with Gasteiger partial charge in [-0.2, -0.15) is 0 Å². The molecule has 26 heavy (non-hydrogen) atoms. The summed E-state index contributed by atoms with van der Waals surface area (Å²) in [4.78, 5) is 27.3. The quantitative estimate of drug-likeness (QED) is 0.567. The Hall–Kier alpha value is -2.34. The first-order valence-electron chi connectivity index (χ1n) is 8.94. The lowest BCUT2D eigenvalue weighted by atomic mass is 9.97. The topological polar surface area (TPSA) is 55.8 Å². The number of carbonyl (C=O) groups excluding carboxylic acids is 2. The summed E-state index contributed by atoms with van der Waals surface area (Å²) in [5.41, 5.74) is 0. The maximum Gasteiger partial charge on any atom is 0.314 e. The van der Waals surface area contributed by atoms with Crippen LogP contribution in [0.1, 0.15) is 35.9 Å². The van der Waals surface area contributed by atoms with Crippen molar-refractivity contribution in [3.05, 3.63) is 46.7 Å². The number of hydrogen-bond acceptors (Lipinski definition) is 5. The molecule has 1 saturated heterocycles. The van der Waals surface area contributed by atoms with Crippen molar-refractivity contribution in [1.82, 2.24) is 4.90 Å². The molecule has 1 amide bonds. The smallest absolute Gasteiger partial charge is 0.314 e. The summed E-state index contributed by atoms with van der Waals surface area (Å²) in [7, 11) is 0. The number of carbonyl (C=O) groups is 2. The van der Waals surface area contributed by atoms with Crippen molar-refractivity contribution >= 4 is 23.2 Å². The standard InChI is InChI=1S/C20H23NO4S/c1-2-13-24-16-5-7-17(8-6-16)25-20(23)15-9-11-21(12-10-15)19(22)18-4-3-14-26-18/h3-8,14-15H,2,9-13H2,1H3. The first kappa shape index (κ1) is 18.5. The molecule has 2 heterocycles. The molecule has 5 nitrogen and oxygen atoms in total. The predicted molar refractivity (Wildman–Crippen MR) is 101 cm³/mol. The number of ether oxygens (including phenoxy) is 2. The summed E-state index contributed by atoms with van der Waals surface area (Å²) in [6, 6.07) is 10.8. The van der Waals surface area contributed by atoms with Crippen LogP contribution in [-0.2, 0) is 4.79 Å². The van der Waals surface area contributed by atoms with E-state index in [0.29, 0.717) is 38.3 Å². The zero-order chi connectivity index (χ0) is 18.4. The molecule has 0 atom stereocenters. The highest BCUT2D eigenvalue weighted by Crippen LogP contribution is 2.24. The van der Waals surface area contributed by atoms with Crippen LogP contribution in [-0.4, -0.2) is 36.5 Å². The highest BCUT2D eigenvalue weighted by Gasteiger charge is 2.29. The number of nitrogens with zero attached hydrogens (tertiary/aromatic N) is 1. The maximum absolute atomic E-state index is 12.4. The van der Waals surface area contributed by atoms with Gasteiger partial charge >= 0.3 is 5.97 Å². The van der Waals surface area contributed by atoms with Crippen molar-refractivity contribution in [2.45, 2.75) is 26.2 Å². The summed E-state index contributed by atoms with van der Waals surface area (Å²) in [6.07, 6.45) is 2.21. The van der Waals surface area contributed by atoms with Gasteiger partial charge in [0.2, 0.25) is 0 Å². The van der Waals surface area contributed by atoms with E-state index in [9.17, 15) is 9.59 Å². The molecular weight excluding hydrogens is 350 g/mol. The Morgan fingerprint density at radius 1 is 1.12 bits per heavy atom. The fraction of sp³-hybridized carbons (Fsp3) is 0.400. The van der Waals surface area contributed by atoms with E-state index in [4.69, 9.17) is 9.47 Å². The SMILES string of the molecule is CCCOc1ccc(OC(=O)C2CCN(C(=O)c3cccs3)CC2)cc1. The maximum atomic E-state index is 12.4. The van der Waals surface area contributed by atoms with Crippen LogP contribution >= 0.6 is 11.3 Å². The molecule has 0 aliphatic carbocycles. The van der Waals surface area contributed by atoms with Crippen molar-refractivity contribution in [3.63, 3.8) is 0 Å². The predicted octanol–water partition coefficient (Wildman–Crippen LogP) is 3.99. The van der Waals surface area contributed by atoms with Crippen molar-refractivity contribution in [3.8, 4) is 11.5 Å². The molecule has 1 fully saturated rings. The summed E-state index contributed by atoms with van der Waals surface area (Å²) in [5, 5.41) is 1.90. The van der Waals surface area contributed by atoms with Crippen LogP contribution in [0.2, 0.25) is 0 Å². The number of amides is 1. The van der Waals surface area contributed by atoms with Gasteiger partial charge in [0.25, 0.3) is 5.91 Å². The van der Waals surface area contributed by atoms with Crippen molar-refractivity contribution in [1.29, 1.82) is 0 Å². The number of thiophene rings is 1. The van der Waals surface area contributed by atoms with Gasteiger partial charge in [0.15, 0.2) is 0 Å². The average Bonchev–Trinajstić information content (AvgIpc) is 3.22. The molecule has 0 bridgehead atoms. The number of piperidine rings is 1. The van der Waals surface area contributed by atoms with Crippen LogP contribution in [0.25, 0.3) is 0 Å². The van der Waals surface area contributed by atoms with E-state index >= 15 is 0 Å². The minimum atomic E-state index is -0.226. The summed E-state index contributed by atoms with van der Waals surface area (Å²) in [5.74, 6) is 0.950. The molecule has 0 radical (unpaired) electrons. The van der Waals surface area contributed by atoms with E-state index in [1.165, 1.54) is 11.3 Å². The third kappa shape index (κ3) is 4.64. The van der Waals surface area contributed by atoms with Crippen LogP contribution in [0.3, 0.4) is 0 Å². The van der Waals surface area contributed by atoms with Gasteiger partial charge in [0.05, 0.1) is 17.4 Å². The number of rotatable bonds is 6. The molecule has 1 aromatic heterocycles. The van der Waals surface area contributed by atoms with Gasteiger partial charge in [0, 0.05) is 13.1 Å². The highest BCUT2D eigenvalue weighted by atomic mass is 32.1. The Morgan fingerprint density at radius 2 is 1.81 bits per heavy atom. The zero-order valence-corrected chi connectivity index (χ0v) is 15.7. The summed E-state index contributed by atoms with van der Waals surface area (Å²) >= 11 is 1.45. The third-order valence-corrected chi connectivity index (χ3v) is 5.22. The lowest BCUT2D eigenvalue weighted by molar-refractivity contribution is -0.140. The van der Waals surface area contributed by atoms with Gasteiger partial charge in [-0.15, -0.1) is 11.3 Å². The highest BCUT2D eigenvalue weighted by molar-refractivity contribution is 7.12. The van der Waals surface area contributed by atoms with Crippen LogP contribution in [0.4, 0.5) is 0 Å². The zero-order valence-electron chi connectivity index (χ0n) is 14.8. The first-order chi connectivity index (χ1) is 12.7. The molecule has 1 aliphatic rings. The number of hydrogen-bond donors (Lipinski definition) is 0. The number of esters is 1. The fourth-order valence-corrected chi connectivity index (χ4v) is 3.59. The van der Waals surface area contributed by atoms with Crippen LogP contribution in [0.15, 0.2) is 41.8 Å². The lowest BCUT2D eigenvalue weighted by Gasteiger charge is -2.30. The molecule has 6 heteroatoms. The largest absolute Gasteiger partial charge is 0.494 e. The first-order valence-corrected chi connectivity index (χ1v) is 9.82.